The normalized spacial score (nSPS) is 10.9. The minimum absolute atomic E-state index is 0.0449. The summed E-state index contributed by atoms with van der Waals surface area (Å²) < 4.78 is 22.5. The molecule has 1 aromatic heterocycles. The van der Waals surface area contributed by atoms with Crippen molar-refractivity contribution in [3.05, 3.63) is 57.2 Å². The van der Waals surface area contributed by atoms with Crippen LogP contribution in [0.4, 0.5) is 0 Å². The standard InChI is InChI=1S/C21H19BrO6/c1-12(2)27-18(23)11-26-21-19(24)14-6-4-5-7-16(14)28-20(21)13-8-9-17(25-3)15(22)10-13/h4-10,12H,11H2,1-3H3. The number of hydrogen-bond donors (Lipinski definition) is 0. The number of hydrogen-bond acceptors (Lipinski definition) is 6. The molecule has 0 radical (unpaired) electrons. The van der Waals surface area contributed by atoms with E-state index in [2.05, 4.69) is 15.9 Å². The number of para-hydroxylation sites is 1. The van der Waals surface area contributed by atoms with Gasteiger partial charge in [-0.05, 0) is 60.1 Å². The maximum Gasteiger partial charge on any atom is 0.344 e. The number of fused-ring (bicyclic) bond motifs is 1. The highest BCUT2D eigenvalue weighted by molar-refractivity contribution is 9.10. The molecule has 0 unspecified atom stereocenters. The van der Waals surface area contributed by atoms with Crippen LogP contribution >= 0.6 is 15.9 Å². The minimum Gasteiger partial charge on any atom is -0.496 e. The van der Waals surface area contributed by atoms with E-state index in [0.29, 0.717) is 26.8 Å². The van der Waals surface area contributed by atoms with Crippen LogP contribution in [0.15, 0.2) is 56.1 Å². The summed E-state index contributed by atoms with van der Waals surface area (Å²) in [5.74, 6) is 0.250. The molecule has 0 amide bonds. The lowest BCUT2D eigenvalue weighted by Crippen LogP contribution is -2.21. The van der Waals surface area contributed by atoms with Crippen molar-refractivity contribution in [3.8, 4) is 22.8 Å². The average Bonchev–Trinajstić information content (AvgIpc) is 2.66. The number of rotatable bonds is 6. The molecule has 0 aliphatic rings. The zero-order valence-corrected chi connectivity index (χ0v) is 17.2. The van der Waals surface area contributed by atoms with Gasteiger partial charge in [0.1, 0.15) is 11.3 Å². The van der Waals surface area contributed by atoms with Crippen molar-refractivity contribution < 1.29 is 23.4 Å². The van der Waals surface area contributed by atoms with E-state index in [4.69, 9.17) is 18.6 Å². The predicted molar refractivity (Wildman–Crippen MR) is 109 cm³/mol. The smallest absolute Gasteiger partial charge is 0.344 e. The quantitative estimate of drug-likeness (QED) is 0.516. The van der Waals surface area contributed by atoms with Gasteiger partial charge in [0.25, 0.3) is 0 Å². The summed E-state index contributed by atoms with van der Waals surface area (Å²) in [5, 5.41) is 0.367. The molecular formula is C21H19BrO6. The highest BCUT2D eigenvalue weighted by atomic mass is 79.9. The Morgan fingerprint density at radius 3 is 2.61 bits per heavy atom. The maximum absolute atomic E-state index is 13.0. The van der Waals surface area contributed by atoms with E-state index in [9.17, 15) is 9.59 Å². The number of halogens is 1. The van der Waals surface area contributed by atoms with Crippen LogP contribution in [-0.2, 0) is 9.53 Å². The molecule has 0 fully saturated rings. The molecule has 1 heterocycles. The van der Waals surface area contributed by atoms with Crippen molar-refractivity contribution in [3.63, 3.8) is 0 Å². The zero-order chi connectivity index (χ0) is 20.3. The van der Waals surface area contributed by atoms with Crippen LogP contribution in [0.25, 0.3) is 22.3 Å². The number of carbonyl (C=O) groups excluding carboxylic acids is 1. The molecule has 0 spiro atoms. The molecule has 6 nitrogen and oxygen atoms in total. The Labute approximate surface area is 170 Å². The molecule has 28 heavy (non-hydrogen) atoms. The number of benzene rings is 2. The van der Waals surface area contributed by atoms with Gasteiger partial charge >= 0.3 is 5.97 Å². The van der Waals surface area contributed by atoms with Gasteiger partial charge in [0.05, 0.1) is 23.1 Å². The molecule has 0 atom stereocenters. The Hall–Kier alpha value is -2.80. The molecular weight excluding hydrogens is 428 g/mol. The van der Waals surface area contributed by atoms with E-state index in [0.717, 1.165) is 0 Å². The molecule has 3 rings (SSSR count). The minimum atomic E-state index is -0.565. The number of carbonyl (C=O) groups is 1. The molecule has 0 saturated heterocycles. The van der Waals surface area contributed by atoms with Crippen molar-refractivity contribution >= 4 is 32.9 Å². The molecule has 0 aliphatic heterocycles. The Kier molecular flexibility index (Phi) is 6.04. The molecule has 0 saturated carbocycles. The predicted octanol–water partition coefficient (Wildman–Crippen LogP) is 4.56. The lowest BCUT2D eigenvalue weighted by molar-refractivity contribution is -0.149. The second-order valence-corrected chi connectivity index (χ2v) is 7.12. The largest absolute Gasteiger partial charge is 0.496 e. The first-order chi connectivity index (χ1) is 13.4. The molecule has 3 aromatic rings. The van der Waals surface area contributed by atoms with Gasteiger partial charge in [-0.1, -0.05) is 12.1 Å². The average molecular weight is 447 g/mol. The van der Waals surface area contributed by atoms with Gasteiger partial charge in [0, 0.05) is 5.56 Å². The summed E-state index contributed by atoms with van der Waals surface area (Å²) in [6.07, 6.45) is -0.277. The van der Waals surface area contributed by atoms with E-state index in [1.807, 2.05) is 0 Å². The van der Waals surface area contributed by atoms with E-state index < -0.39 is 12.6 Å². The Balaban J connectivity index is 2.10. The van der Waals surface area contributed by atoms with Gasteiger partial charge in [-0.25, -0.2) is 4.79 Å². The third kappa shape index (κ3) is 4.20. The Morgan fingerprint density at radius 2 is 1.93 bits per heavy atom. The monoisotopic (exact) mass is 446 g/mol. The van der Waals surface area contributed by atoms with Crippen LogP contribution < -0.4 is 14.9 Å². The SMILES string of the molecule is COc1ccc(-c2oc3ccccc3c(=O)c2OCC(=O)OC(C)C)cc1Br. The van der Waals surface area contributed by atoms with E-state index in [1.165, 1.54) is 0 Å². The summed E-state index contributed by atoms with van der Waals surface area (Å²) in [4.78, 5) is 24.9. The summed E-state index contributed by atoms with van der Waals surface area (Å²) in [6.45, 7) is 3.08. The Morgan fingerprint density at radius 1 is 1.18 bits per heavy atom. The molecule has 0 N–H and O–H groups in total. The second kappa shape index (κ2) is 8.48. The molecule has 7 heteroatoms. The van der Waals surface area contributed by atoms with E-state index >= 15 is 0 Å². The Bertz CT molecular complexity index is 1070. The van der Waals surface area contributed by atoms with Crippen LogP contribution in [-0.4, -0.2) is 25.8 Å². The van der Waals surface area contributed by atoms with Crippen molar-refractivity contribution in [2.24, 2.45) is 0 Å². The number of methoxy groups -OCH3 is 1. The third-order valence-electron chi connectivity index (χ3n) is 3.87. The van der Waals surface area contributed by atoms with Crippen molar-refractivity contribution in [2.75, 3.05) is 13.7 Å². The summed E-state index contributed by atoms with van der Waals surface area (Å²) in [6, 6.07) is 12.1. The van der Waals surface area contributed by atoms with Crippen molar-refractivity contribution in [1.82, 2.24) is 0 Å². The van der Waals surface area contributed by atoms with Crippen LogP contribution in [0.3, 0.4) is 0 Å². The van der Waals surface area contributed by atoms with Gasteiger partial charge in [-0.3, -0.25) is 4.79 Å². The second-order valence-electron chi connectivity index (χ2n) is 6.26. The molecule has 0 bridgehead atoms. The fourth-order valence-corrected chi connectivity index (χ4v) is 3.22. The first-order valence-electron chi connectivity index (χ1n) is 8.62. The fourth-order valence-electron chi connectivity index (χ4n) is 2.68. The van der Waals surface area contributed by atoms with Crippen LogP contribution in [0.1, 0.15) is 13.8 Å². The van der Waals surface area contributed by atoms with Gasteiger partial charge in [0.15, 0.2) is 12.4 Å². The lowest BCUT2D eigenvalue weighted by Gasteiger charge is -2.13. The van der Waals surface area contributed by atoms with Gasteiger partial charge < -0.3 is 18.6 Å². The lowest BCUT2D eigenvalue weighted by atomic mass is 10.1. The zero-order valence-electron chi connectivity index (χ0n) is 15.7. The summed E-state index contributed by atoms with van der Waals surface area (Å²) >= 11 is 3.43. The molecule has 2 aromatic carbocycles. The van der Waals surface area contributed by atoms with Gasteiger partial charge in [0.2, 0.25) is 11.2 Å². The number of esters is 1. The van der Waals surface area contributed by atoms with Gasteiger partial charge in [-0.15, -0.1) is 0 Å². The molecule has 146 valence electrons. The van der Waals surface area contributed by atoms with Crippen LogP contribution in [0.5, 0.6) is 11.5 Å². The van der Waals surface area contributed by atoms with Crippen LogP contribution in [0.2, 0.25) is 0 Å². The highest BCUT2D eigenvalue weighted by Crippen LogP contribution is 2.35. The number of ether oxygens (including phenoxy) is 3. The highest BCUT2D eigenvalue weighted by Gasteiger charge is 2.20. The van der Waals surface area contributed by atoms with Crippen LogP contribution in [0, 0.1) is 0 Å². The first kappa shape index (κ1) is 19.9. The maximum atomic E-state index is 13.0. The summed E-state index contributed by atoms with van der Waals surface area (Å²) in [5.41, 5.74) is 0.662. The first-order valence-corrected chi connectivity index (χ1v) is 9.42. The summed E-state index contributed by atoms with van der Waals surface area (Å²) in [7, 11) is 1.56. The van der Waals surface area contributed by atoms with E-state index in [1.54, 1.807) is 63.4 Å². The van der Waals surface area contributed by atoms with E-state index in [-0.39, 0.29) is 23.0 Å². The van der Waals surface area contributed by atoms with Crippen molar-refractivity contribution in [1.29, 1.82) is 0 Å². The van der Waals surface area contributed by atoms with Crippen molar-refractivity contribution in [2.45, 2.75) is 20.0 Å². The molecule has 0 aliphatic carbocycles. The topological polar surface area (TPSA) is 75.0 Å². The third-order valence-corrected chi connectivity index (χ3v) is 4.49. The fraction of sp³-hybridized carbons (Fsp3) is 0.238. The van der Waals surface area contributed by atoms with Gasteiger partial charge in [-0.2, -0.15) is 0 Å².